The lowest BCUT2D eigenvalue weighted by Gasteiger charge is -2.24. The second-order valence-corrected chi connectivity index (χ2v) is 8.15. The maximum atomic E-state index is 13.1. The highest BCUT2D eigenvalue weighted by atomic mass is 16.5. The number of hydrogen-bond acceptors (Lipinski definition) is 4. The molecule has 0 saturated heterocycles. The van der Waals surface area contributed by atoms with Crippen molar-refractivity contribution in [3.8, 4) is 11.1 Å². The summed E-state index contributed by atoms with van der Waals surface area (Å²) in [6, 6.07) is 11.5. The number of aromatic nitrogens is 2. The molecule has 0 aliphatic heterocycles. The summed E-state index contributed by atoms with van der Waals surface area (Å²) in [6.07, 6.45) is 6.83. The van der Waals surface area contributed by atoms with Gasteiger partial charge in [0, 0.05) is 36.4 Å². The van der Waals surface area contributed by atoms with Gasteiger partial charge in [-0.15, -0.1) is 0 Å². The number of Topliss-reactive ketones (excluding diaryl/α,β-unsaturated/α-hetero) is 1. The summed E-state index contributed by atoms with van der Waals surface area (Å²) in [6.45, 7) is 2.00. The van der Waals surface area contributed by atoms with Gasteiger partial charge in [0.25, 0.3) is 5.91 Å². The van der Waals surface area contributed by atoms with Gasteiger partial charge in [0.05, 0.1) is 6.20 Å². The lowest BCUT2D eigenvalue weighted by Crippen LogP contribution is -2.21. The largest absolute Gasteiger partial charge is 0.294 e. The summed E-state index contributed by atoms with van der Waals surface area (Å²) in [7, 11) is 1.88. The van der Waals surface area contributed by atoms with Crippen LogP contribution in [0.15, 0.2) is 48.8 Å². The van der Waals surface area contributed by atoms with Crippen LogP contribution in [-0.4, -0.2) is 26.7 Å². The number of nitrogens with one attached hydrogen (secondary N) is 1. The van der Waals surface area contributed by atoms with Crippen molar-refractivity contribution in [1.29, 1.82) is 0 Å². The highest BCUT2D eigenvalue weighted by Gasteiger charge is 2.23. The highest BCUT2D eigenvalue weighted by Crippen LogP contribution is 2.30. The van der Waals surface area contributed by atoms with E-state index >= 15 is 0 Å². The van der Waals surface area contributed by atoms with E-state index in [0.717, 1.165) is 47.1 Å². The Morgan fingerprint density at radius 2 is 1.97 bits per heavy atom. The molecule has 0 spiro atoms. The van der Waals surface area contributed by atoms with Gasteiger partial charge in [-0.25, -0.2) is 5.48 Å². The standard InChI is InChI=1S/C24H25N3O3/c1-15-7-19(22-13-25-27(2)14-22)12-21(8-15)23(28)10-16-3-4-17-5-6-18(24(29)26-30)11-20(17)9-16/h5-8,11-14,16,30H,3-4,9-10H2,1-2H3,(H,26,29). The van der Waals surface area contributed by atoms with Crippen LogP contribution in [0.1, 0.15) is 50.2 Å². The van der Waals surface area contributed by atoms with Crippen LogP contribution < -0.4 is 5.48 Å². The summed E-state index contributed by atoms with van der Waals surface area (Å²) in [4.78, 5) is 24.8. The molecule has 1 aliphatic carbocycles. The minimum Gasteiger partial charge on any atom is -0.294 e. The molecule has 1 atom stereocenters. The van der Waals surface area contributed by atoms with Crippen LogP contribution in [0.25, 0.3) is 11.1 Å². The summed E-state index contributed by atoms with van der Waals surface area (Å²) in [5.41, 5.74) is 8.18. The predicted octanol–water partition coefficient (Wildman–Crippen LogP) is 3.89. The third-order valence-corrected chi connectivity index (χ3v) is 5.81. The van der Waals surface area contributed by atoms with E-state index in [0.29, 0.717) is 12.0 Å². The number of carbonyl (C=O) groups excluding carboxylic acids is 2. The number of nitrogens with zero attached hydrogens (tertiary/aromatic N) is 2. The van der Waals surface area contributed by atoms with E-state index < -0.39 is 5.91 Å². The van der Waals surface area contributed by atoms with Gasteiger partial charge in [-0.05, 0) is 78.6 Å². The highest BCUT2D eigenvalue weighted by molar-refractivity contribution is 5.97. The average molecular weight is 403 g/mol. The molecule has 2 aromatic carbocycles. The SMILES string of the molecule is Cc1cc(C(=O)CC2CCc3ccc(C(=O)NO)cc3C2)cc(-c2cnn(C)c2)c1. The van der Waals surface area contributed by atoms with Gasteiger partial charge >= 0.3 is 0 Å². The molecule has 6 heteroatoms. The first-order chi connectivity index (χ1) is 14.4. The first-order valence-corrected chi connectivity index (χ1v) is 10.1. The average Bonchev–Trinajstić information content (AvgIpc) is 3.18. The van der Waals surface area contributed by atoms with Crippen LogP contribution in [0.4, 0.5) is 0 Å². The fourth-order valence-electron chi connectivity index (χ4n) is 4.27. The zero-order valence-electron chi connectivity index (χ0n) is 17.2. The zero-order chi connectivity index (χ0) is 21.3. The second-order valence-electron chi connectivity index (χ2n) is 8.15. The molecule has 4 rings (SSSR count). The predicted molar refractivity (Wildman–Crippen MR) is 114 cm³/mol. The smallest absolute Gasteiger partial charge is 0.274 e. The molecule has 1 aromatic heterocycles. The third-order valence-electron chi connectivity index (χ3n) is 5.81. The first-order valence-electron chi connectivity index (χ1n) is 10.1. The Labute approximate surface area is 175 Å². The van der Waals surface area contributed by atoms with Gasteiger partial charge in [-0.1, -0.05) is 12.1 Å². The summed E-state index contributed by atoms with van der Waals surface area (Å²) >= 11 is 0. The zero-order valence-corrected chi connectivity index (χ0v) is 17.2. The molecule has 0 fully saturated rings. The molecular weight excluding hydrogens is 378 g/mol. The Morgan fingerprint density at radius 3 is 2.70 bits per heavy atom. The number of carbonyl (C=O) groups is 2. The number of rotatable bonds is 5. The van der Waals surface area contributed by atoms with E-state index in [-0.39, 0.29) is 11.7 Å². The van der Waals surface area contributed by atoms with Crippen molar-refractivity contribution in [2.24, 2.45) is 13.0 Å². The number of benzene rings is 2. The van der Waals surface area contributed by atoms with Crippen molar-refractivity contribution in [3.05, 3.63) is 76.6 Å². The molecule has 6 nitrogen and oxygen atoms in total. The van der Waals surface area contributed by atoms with E-state index in [1.54, 1.807) is 22.4 Å². The fourth-order valence-corrected chi connectivity index (χ4v) is 4.27. The van der Waals surface area contributed by atoms with Crippen molar-refractivity contribution in [1.82, 2.24) is 15.3 Å². The molecular formula is C24H25N3O3. The first kappa shape index (κ1) is 20.0. The summed E-state index contributed by atoms with van der Waals surface area (Å²) in [5, 5.41) is 13.1. The van der Waals surface area contributed by atoms with Gasteiger partial charge in [0.15, 0.2) is 5.78 Å². The topological polar surface area (TPSA) is 84.2 Å². The van der Waals surface area contributed by atoms with E-state index in [1.165, 1.54) is 5.56 Å². The molecule has 2 N–H and O–H groups in total. The van der Waals surface area contributed by atoms with Gasteiger partial charge in [0.1, 0.15) is 0 Å². The van der Waals surface area contributed by atoms with Crippen molar-refractivity contribution < 1.29 is 14.8 Å². The molecule has 154 valence electrons. The molecule has 1 unspecified atom stereocenters. The van der Waals surface area contributed by atoms with Crippen molar-refractivity contribution in [3.63, 3.8) is 0 Å². The van der Waals surface area contributed by atoms with Gasteiger partial charge in [0.2, 0.25) is 0 Å². The van der Waals surface area contributed by atoms with E-state index in [9.17, 15) is 9.59 Å². The Bertz CT molecular complexity index is 1120. The molecule has 30 heavy (non-hydrogen) atoms. The van der Waals surface area contributed by atoms with Crippen LogP contribution in [0.2, 0.25) is 0 Å². The molecule has 1 amide bonds. The van der Waals surface area contributed by atoms with Crippen LogP contribution in [0, 0.1) is 12.8 Å². The maximum Gasteiger partial charge on any atom is 0.274 e. The Hall–Kier alpha value is -3.25. The minimum absolute atomic E-state index is 0.140. The Balaban J connectivity index is 1.51. The maximum absolute atomic E-state index is 13.1. The summed E-state index contributed by atoms with van der Waals surface area (Å²) in [5.74, 6) is -0.139. The Kier molecular flexibility index (Phi) is 5.50. The van der Waals surface area contributed by atoms with E-state index in [2.05, 4.69) is 11.2 Å². The lowest BCUT2D eigenvalue weighted by atomic mass is 9.80. The monoisotopic (exact) mass is 403 g/mol. The molecule has 0 bridgehead atoms. The van der Waals surface area contributed by atoms with Gasteiger partial charge in [-0.3, -0.25) is 19.5 Å². The second kappa shape index (κ2) is 8.24. The van der Waals surface area contributed by atoms with Crippen molar-refractivity contribution in [2.75, 3.05) is 0 Å². The number of ketones is 1. The third kappa shape index (κ3) is 4.19. The number of amides is 1. The van der Waals surface area contributed by atoms with E-state index in [1.807, 2.05) is 44.4 Å². The lowest BCUT2D eigenvalue weighted by molar-refractivity contribution is 0.0706. The van der Waals surface area contributed by atoms with Crippen LogP contribution >= 0.6 is 0 Å². The number of hydroxylamine groups is 1. The Morgan fingerprint density at radius 1 is 1.13 bits per heavy atom. The van der Waals surface area contributed by atoms with Crippen molar-refractivity contribution >= 4 is 11.7 Å². The fraction of sp³-hybridized carbons (Fsp3) is 0.292. The minimum atomic E-state index is -0.515. The molecule has 0 radical (unpaired) electrons. The number of hydrogen-bond donors (Lipinski definition) is 2. The van der Waals surface area contributed by atoms with Gasteiger partial charge in [-0.2, -0.15) is 5.10 Å². The van der Waals surface area contributed by atoms with Gasteiger partial charge < -0.3 is 0 Å². The van der Waals surface area contributed by atoms with Crippen molar-refractivity contribution in [2.45, 2.75) is 32.6 Å². The normalized spacial score (nSPS) is 15.5. The van der Waals surface area contributed by atoms with E-state index in [4.69, 9.17) is 5.21 Å². The number of aryl methyl sites for hydroxylation is 3. The molecule has 0 saturated carbocycles. The van der Waals surface area contributed by atoms with Crippen LogP contribution in [0.3, 0.4) is 0 Å². The molecule has 1 heterocycles. The van der Waals surface area contributed by atoms with Crippen LogP contribution in [0.5, 0.6) is 0 Å². The molecule has 3 aromatic rings. The quantitative estimate of drug-likeness (QED) is 0.385. The number of fused-ring (bicyclic) bond motifs is 1. The van der Waals surface area contributed by atoms with Crippen LogP contribution in [-0.2, 0) is 19.9 Å². The summed E-state index contributed by atoms with van der Waals surface area (Å²) < 4.78 is 1.75. The molecule has 1 aliphatic rings.